The minimum Gasteiger partial charge on any atom is -0.467 e. The number of halogens is 2. The summed E-state index contributed by atoms with van der Waals surface area (Å²) < 4.78 is 18.7. The van der Waals surface area contributed by atoms with Crippen LogP contribution in [0.4, 0.5) is 4.39 Å². The summed E-state index contributed by atoms with van der Waals surface area (Å²) in [4.78, 5) is 27.6. The van der Waals surface area contributed by atoms with E-state index in [0.29, 0.717) is 17.3 Å². The number of H-pyrrole nitrogens is 1. The predicted molar refractivity (Wildman–Crippen MR) is 99.4 cm³/mol. The molecule has 1 heterocycles. The number of carbonyl (C=O) groups excluding carboxylic acids is 2. The second kappa shape index (κ2) is 7.70. The number of ether oxygens (including phenoxy) is 1. The molecular weight excluding hydrogens is 403 g/mol. The minimum atomic E-state index is -0.832. The number of esters is 1. The zero-order chi connectivity index (χ0) is 18.7. The molecule has 0 radical (unpaired) electrons. The lowest BCUT2D eigenvalue weighted by atomic mass is 10.1. The lowest BCUT2D eigenvalue weighted by molar-refractivity contribution is -0.142. The van der Waals surface area contributed by atoms with E-state index in [2.05, 4.69) is 26.2 Å². The predicted octanol–water partition coefficient (Wildman–Crippen LogP) is 3.58. The SMILES string of the molecule is COC(=O)[C@H](Cc1ccccc1)NC(=O)c1cc2c(Br)c(F)ccc2[nH]1. The Morgan fingerprint density at radius 2 is 1.96 bits per heavy atom. The molecule has 3 rings (SSSR count). The standard InChI is InChI=1S/C19H16BrFN2O3/c1-26-19(25)16(9-11-5-3-2-4-6-11)23-18(24)15-10-12-14(22-15)8-7-13(21)17(12)20/h2-8,10,16,22H,9H2,1H3,(H,23,24)/t16-/m0/s1. The Balaban J connectivity index is 1.83. The number of benzene rings is 2. The van der Waals surface area contributed by atoms with Gasteiger partial charge in [-0.15, -0.1) is 0 Å². The van der Waals surface area contributed by atoms with Crippen molar-refractivity contribution in [2.75, 3.05) is 7.11 Å². The average molecular weight is 419 g/mol. The van der Waals surface area contributed by atoms with E-state index in [-0.39, 0.29) is 10.2 Å². The van der Waals surface area contributed by atoms with E-state index >= 15 is 0 Å². The van der Waals surface area contributed by atoms with Crippen LogP contribution in [-0.4, -0.2) is 30.0 Å². The number of methoxy groups -OCH3 is 1. The summed E-state index contributed by atoms with van der Waals surface area (Å²) in [7, 11) is 1.27. The zero-order valence-electron chi connectivity index (χ0n) is 13.9. The van der Waals surface area contributed by atoms with Crippen LogP contribution in [-0.2, 0) is 16.0 Å². The minimum absolute atomic E-state index is 0.230. The smallest absolute Gasteiger partial charge is 0.328 e. The molecule has 5 nitrogen and oxygen atoms in total. The van der Waals surface area contributed by atoms with Gasteiger partial charge in [-0.2, -0.15) is 0 Å². The summed E-state index contributed by atoms with van der Waals surface area (Å²) in [5, 5.41) is 3.22. The second-order valence-electron chi connectivity index (χ2n) is 5.74. The van der Waals surface area contributed by atoms with Crippen LogP contribution >= 0.6 is 15.9 Å². The van der Waals surface area contributed by atoms with Crippen molar-refractivity contribution in [2.24, 2.45) is 0 Å². The number of hydrogen-bond donors (Lipinski definition) is 2. The molecule has 0 fully saturated rings. The van der Waals surface area contributed by atoms with Crippen LogP contribution in [0.1, 0.15) is 16.1 Å². The first-order valence-electron chi connectivity index (χ1n) is 7.89. The molecule has 0 bridgehead atoms. The lowest BCUT2D eigenvalue weighted by Crippen LogP contribution is -2.43. The van der Waals surface area contributed by atoms with Gasteiger partial charge in [0.1, 0.15) is 17.6 Å². The fraction of sp³-hybridized carbons (Fsp3) is 0.158. The molecule has 0 aliphatic rings. The Hall–Kier alpha value is -2.67. The number of hydrogen-bond acceptors (Lipinski definition) is 3. The summed E-state index contributed by atoms with van der Waals surface area (Å²) in [5.41, 5.74) is 1.74. The van der Waals surface area contributed by atoms with E-state index in [1.807, 2.05) is 30.3 Å². The third-order valence-electron chi connectivity index (χ3n) is 4.01. The van der Waals surface area contributed by atoms with Gasteiger partial charge in [0.25, 0.3) is 5.91 Å². The van der Waals surface area contributed by atoms with Gasteiger partial charge in [-0.3, -0.25) is 4.79 Å². The van der Waals surface area contributed by atoms with E-state index in [9.17, 15) is 14.0 Å². The molecule has 26 heavy (non-hydrogen) atoms. The summed E-state index contributed by atoms with van der Waals surface area (Å²) >= 11 is 3.17. The molecular formula is C19H16BrFN2O3. The third-order valence-corrected chi connectivity index (χ3v) is 4.81. The van der Waals surface area contributed by atoms with Crippen molar-refractivity contribution in [3.63, 3.8) is 0 Å². The first-order valence-corrected chi connectivity index (χ1v) is 8.68. The van der Waals surface area contributed by atoms with Gasteiger partial charge < -0.3 is 15.0 Å². The van der Waals surface area contributed by atoms with Gasteiger partial charge in [-0.25, -0.2) is 9.18 Å². The molecule has 0 spiro atoms. The fourth-order valence-electron chi connectivity index (χ4n) is 2.69. The first kappa shape index (κ1) is 18.1. The Bertz CT molecular complexity index is 956. The lowest BCUT2D eigenvalue weighted by Gasteiger charge is -2.16. The molecule has 0 saturated heterocycles. The van der Waals surface area contributed by atoms with Crippen molar-refractivity contribution in [1.82, 2.24) is 10.3 Å². The molecule has 2 aromatic carbocycles. The van der Waals surface area contributed by atoms with E-state index in [1.54, 1.807) is 6.07 Å². The van der Waals surface area contributed by atoms with Crippen molar-refractivity contribution in [3.8, 4) is 0 Å². The summed E-state index contributed by atoms with van der Waals surface area (Å²) in [6.45, 7) is 0. The van der Waals surface area contributed by atoms with Crippen LogP contribution in [0.3, 0.4) is 0 Å². The van der Waals surface area contributed by atoms with Gasteiger partial charge in [-0.05, 0) is 39.7 Å². The van der Waals surface area contributed by atoms with E-state index in [0.717, 1.165) is 5.56 Å². The molecule has 7 heteroatoms. The topological polar surface area (TPSA) is 71.2 Å². The Morgan fingerprint density at radius 1 is 1.23 bits per heavy atom. The van der Waals surface area contributed by atoms with Crippen LogP contribution in [0.15, 0.2) is 53.0 Å². The fourth-order valence-corrected chi connectivity index (χ4v) is 3.15. The number of aromatic amines is 1. The van der Waals surface area contributed by atoms with Crippen LogP contribution in [0.25, 0.3) is 10.9 Å². The highest BCUT2D eigenvalue weighted by Gasteiger charge is 2.23. The molecule has 0 aliphatic heterocycles. The third kappa shape index (κ3) is 3.77. The first-order chi connectivity index (χ1) is 12.5. The maximum atomic E-state index is 13.6. The molecule has 3 aromatic rings. The maximum Gasteiger partial charge on any atom is 0.328 e. The van der Waals surface area contributed by atoms with Crippen molar-refractivity contribution >= 4 is 38.7 Å². The molecule has 1 atom stereocenters. The Labute approximate surface area is 157 Å². The van der Waals surface area contributed by atoms with Crippen LogP contribution in [0, 0.1) is 5.82 Å². The summed E-state index contributed by atoms with van der Waals surface area (Å²) in [6, 6.07) is 12.9. The van der Waals surface area contributed by atoms with E-state index < -0.39 is 23.7 Å². The molecule has 0 saturated carbocycles. The number of nitrogens with one attached hydrogen (secondary N) is 2. The number of amides is 1. The highest BCUT2D eigenvalue weighted by molar-refractivity contribution is 9.10. The van der Waals surface area contributed by atoms with Crippen molar-refractivity contribution in [3.05, 3.63) is 70.1 Å². The van der Waals surface area contributed by atoms with Crippen LogP contribution in [0.5, 0.6) is 0 Å². The molecule has 0 aliphatic carbocycles. The average Bonchev–Trinajstić information content (AvgIpc) is 3.09. The maximum absolute atomic E-state index is 13.6. The van der Waals surface area contributed by atoms with Crippen molar-refractivity contribution in [2.45, 2.75) is 12.5 Å². The zero-order valence-corrected chi connectivity index (χ0v) is 15.5. The van der Waals surface area contributed by atoms with Gasteiger partial charge in [0.2, 0.25) is 0 Å². The number of carbonyl (C=O) groups is 2. The Morgan fingerprint density at radius 3 is 2.65 bits per heavy atom. The van der Waals surface area contributed by atoms with Crippen molar-refractivity contribution in [1.29, 1.82) is 0 Å². The van der Waals surface area contributed by atoms with E-state index in [1.165, 1.54) is 19.2 Å². The van der Waals surface area contributed by atoms with Gasteiger partial charge >= 0.3 is 5.97 Å². The second-order valence-corrected chi connectivity index (χ2v) is 6.54. The van der Waals surface area contributed by atoms with E-state index in [4.69, 9.17) is 4.74 Å². The molecule has 2 N–H and O–H groups in total. The summed E-state index contributed by atoms with van der Waals surface area (Å²) in [6.07, 6.45) is 0.303. The van der Waals surface area contributed by atoms with Gasteiger partial charge in [0, 0.05) is 17.3 Å². The highest BCUT2D eigenvalue weighted by atomic mass is 79.9. The Kier molecular flexibility index (Phi) is 5.37. The normalized spacial score (nSPS) is 12.0. The molecule has 134 valence electrons. The van der Waals surface area contributed by atoms with Crippen LogP contribution in [0.2, 0.25) is 0 Å². The molecule has 1 aromatic heterocycles. The van der Waals surface area contributed by atoms with Gasteiger partial charge in [0.15, 0.2) is 0 Å². The summed E-state index contributed by atoms with van der Waals surface area (Å²) in [5.74, 6) is -1.43. The number of fused-ring (bicyclic) bond motifs is 1. The van der Waals surface area contributed by atoms with Gasteiger partial charge in [0.05, 0.1) is 11.6 Å². The largest absolute Gasteiger partial charge is 0.467 e. The monoisotopic (exact) mass is 418 g/mol. The molecule has 0 unspecified atom stereocenters. The molecule has 1 amide bonds. The van der Waals surface area contributed by atoms with Gasteiger partial charge in [-0.1, -0.05) is 30.3 Å². The number of rotatable bonds is 5. The van der Waals surface area contributed by atoms with Crippen molar-refractivity contribution < 1.29 is 18.7 Å². The highest BCUT2D eigenvalue weighted by Crippen LogP contribution is 2.27. The quantitative estimate of drug-likeness (QED) is 0.622. The van der Waals surface area contributed by atoms with Crippen LogP contribution < -0.4 is 5.32 Å². The number of aromatic nitrogens is 1.